The molecule has 3 unspecified atom stereocenters. The van der Waals surface area contributed by atoms with Crippen molar-refractivity contribution in [2.24, 2.45) is 5.73 Å². The van der Waals surface area contributed by atoms with Crippen LogP contribution in [0.25, 0.3) is 0 Å². The van der Waals surface area contributed by atoms with Crippen LogP contribution in [0.4, 0.5) is 0 Å². The van der Waals surface area contributed by atoms with Crippen molar-refractivity contribution >= 4 is 0 Å². The van der Waals surface area contributed by atoms with Crippen molar-refractivity contribution in [2.45, 2.75) is 51.3 Å². The highest BCUT2D eigenvalue weighted by Gasteiger charge is 2.39. The molecule has 1 saturated carbocycles. The van der Waals surface area contributed by atoms with Gasteiger partial charge in [0.2, 0.25) is 0 Å². The third-order valence-electron chi connectivity index (χ3n) is 4.93. The molecule has 20 heavy (non-hydrogen) atoms. The van der Waals surface area contributed by atoms with Crippen molar-refractivity contribution in [1.29, 1.82) is 0 Å². The predicted molar refractivity (Wildman–Crippen MR) is 81.8 cm³/mol. The first kappa shape index (κ1) is 14.1. The molecule has 3 atom stereocenters. The molecule has 1 heterocycles. The van der Waals surface area contributed by atoms with E-state index >= 15 is 0 Å². The molecule has 1 aliphatic carbocycles. The lowest BCUT2D eigenvalue weighted by Crippen LogP contribution is -2.51. The highest BCUT2D eigenvalue weighted by Crippen LogP contribution is 2.35. The van der Waals surface area contributed by atoms with Crippen molar-refractivity contribution in [2.75, 3.05) is 19.7 Å². The number of hydrogen-bond acceptors (Lipinski definition) is 3. The summed E-state index contributed by atoms with van der Waals surface area (Å²) in [5.74, 6) is 0. The van der Waals surface area contributed by atoms with Crippen LogP contribution in [0.1, 0.15) is 42.0 Å². The minimum Gasteiger partial charge on any atom is -0.375 e. The van der Waals surface area contributed by atoms with Crippen LogP contribution in [-0.2, 0) is 4.74 Å². The summed E-state index contributed by atoms with van der Waals surface area (Å²) in [6.45, 7) is 6.90. The lowest BCUT2D eigenvalue weighted by molar-refractivity contribution is -0.0712. The summed E-state index contributed by atoms with van der Waals surface area (Å²) in [5.41, 5.74) is 10.2. The second kappa shape index (κ2) is 5.84. The van der Waals surface area contributed by atoms with E-state index in [0.717, 1.165) is 13.2 Å². The van der Waals surface area contributed by atoms with E-state index in [1.807, 2.05) is 0 Å². The van der Waals surface area contributed by atoms with Gasteiger partial charge in [0.15, 0.2) is 0 Å². The van der Waals surface area contributed by atoms with Crippen molar-refractivity contribution in [3.05, 3.63) is 34.9 Å². The molecule has 0 bridgehead atoms. The molecule has 0 aromatic heterocycles. The van der Waals surface area contributed by atoms with Crippen molar-refractivity contribution in [3.8, 4) is 0 Å². The Bertz CT molecular complexity index is 474. The maximum Gasteiger partial charge on any atom is 0.0731 e. The largest absolute Gasteiger partial charge is 0.375 e. The molecule has 3 rings (SSSR count). The molecule has 0 radical (unpaired) electrons. The number of ether oxygens (including phenoxy) is 1. The SMILES string of the molecule is Cc1ccc(C(CN)N2CCOC3CCCC32)c(C)c1. The van der Waals surface area contributed by atoms with E-state index in [-0.39, 0.29) is 0 Å². The number of nitrogens with two attached hydrogens (primary N) is 1. The normalized spacial score (nSPS) is 28.4. The number of fused-ring (bicyclic) bond motifs is 1. The minimum atomic E-state index is 0.338. The van der Waals surface area contributed by atoms with Crippen molar-refractivity contribution in [3.63, 3.8) is 0 Å². The zero-order valence-corrected chi connectivity index (χ0v) is 12.6. The zero-order chi connectivity index (χ0) is 14.1. The number of morpholine rings is 1. The molecule has 1 aliphatic heterocycles. The molecule has 3 nitrogen and oxygen atoms in total. The maximum atomic E-state index is 6.14. The van der Waals surface area contributed by atoms with Crippen LogP contribution >= 0.6 is 0 Å². The molecule has 0 spiro atoms. The third kappa shape index (κ3) is 2.50. The lowest BCUT2D eigenvalue weighted by Gasteiger charge is -2.42. The van der Waals surface area contributed by atoms with E-state index in [4.69, 9.17) is 10.5 Å². The molecule has 1 aromatic carbocycles. The zero-order valence-electron chi connectivity index (χ0n) is 12.6. The number of rotatable bonds is 3. The average molecular weight is 274 g/mol. The summed E-state index contributed by atoms with van der Waals surface area (Å²) in [6.07, 6.45) is 4.19. The highest BCUT2D eigenvalue weighted by molar-refractivity contribution is 5.33. The number of hydrogen-bond donors (Lipinski definition) is 1. The van der Waals surface area contributed by atoms with E-state index in [1.54, 1.807) is 0 Å². The van der Waals surface area contributed by atoms with Crippen LogP contribution in [0.2, 0.25) is 0 Å². The van der Waals surface area contributed by atoms with Gasteiger partial charge in [-0.3, -0.25) is 4.90 Å². The fourth-order valence-corrected chi connectivity index (χ4v) is 3.98. The van der Waals surface area contributed by atoms with E-state index in [9.17, 15) is 0 Å². The van der Waals surface area contributed by atoms with E-state index < -0.39 is 0 Å². The maximum absolute atomic E-state index is 6.14. The Morgan fingerprint density at radius 2 is 2.20 bits per heavy atom. The van der Waals surface area contributed by atoms with Crippen LogP contribution in [0, 0.1) is 13.8 Å². The van der Waals surface area contributed by atoms with Gasteiger partial charge in [-0.1, -0.05) is 23.8 Å². The Balaban J connectivity index is 1.88. The summed E-state index contributed by atoms with van der Waals surface area (Å²) in [5, 5.41) is 0. The van der Waals surface area contributed by atoms with Gasteiger partial charge in [-0.05, 0) is 44.2 Å². The highest BCUT2D eigenvalue weighted by atomic mass is 16.5. The molecule has 1 aromatic rings. The van der Waals surface area contributed by atoms with Gasteiger partial charge in [0.1, 0.15) is 0 Å². The van der Waals surface area contributed by atoms with Crippen LogP contribution in [0.3, 0.4) is 0 Å². The first-order valence-electron chi connectivity index (χ1n) is 7.85. The second-order valence-corrected chi connectivity index (χ2v) is 6.26. The summed E-state index contributed by atoms with van der Waals surface area (Å²) >= 11 is 0. The molecule has 0 amide bonds. The summed E-state index contributed by atoms with van der Waals surface area (Å²) < 4.78 is 5.93. The number of nitrogens with zero attached hydrogens (tertiary/aromatic N) is 1. The van der Waals surface area contributed by atoms with Crippen LogP contribution < -0.4 is 5.73 Å². The first-order chi connectivity index (χ1) is 9.70. The average Bonchev–Trinajstić information content (AvgIpc) is 2.91. The fourth-order valence-electron chi connectivity index (χ4n) is 3.98. The van der Waals surface area contributed by atoms with Gasteiger partial charge in [0, 0.05) is 25.2 Å². The van der Waals surface area contributed by atoms with E-state index in [2.05, 4.69) is 36.9 Å². The standard InChI is InChI=1S/C17H26N2O/c1-12-6-7-14(13(2)10-12)16(11-18)19-8-9-20-17-5-3-4-15(17)19/h6-7,10,15-17H,3-5,8-9,11,18H2,1-2H3. The summed E-state index contributed by atoms with van der Waals surface area (Å²) in [7, 11) is 0. The molecule has 2 aliphatic rings. The molecule has 3 heteroatoms. The van der Waals surface area contributed by atoms with Gasteiger partial charge in [0.05, 0.1) is 12.7 Å². The van der Waals surface area contributed by atoms with Gasteiger partial charge in [-0.25, -0.2) is 0 Å². The summed E-state index contributed by atoms with van der Waals surface area (Å²) in [4.78, 5) is 2.61. The Kier molecular flexibility index (Phi) is 4.11. The second-order valence-electron chi connectivity index (χ2n) is 6.26. The van der Waals surface area contributed by atoms with Crippen LogP contribution in [0.15, 0.2) is 18.2 Å². The fraction of sp³-hybridized carbons (Fsp3) is 0.647. The van der Waals surface area contributed by atoms with E-state index in [0.29, 0.717) is 24.7 Å². The van der Waals surface area contributed by atoms with Gasteiger partial charge in [-0.15, -0.1) is 0 Å². The quantitative estimate of drug-likeness (QED) is 0.920. The number of benzene rings is 1. The monoisotopic (exact) mass is 274 g/mol. The van der Waals surface area contributed by atoms with Gasteiger partial charge < -0.3 is 10.5 Å². The smallest absolute Gasteiger partial charge is 0.0731 e. The topological polar surface area (TPSA) is 38.5 Å². The van der Waals surface area contributed by atoms with Crippen LogP contribution in [0.5, 0.6) is 0 Å². The Morgan fingerprint density at radius 3 is 2.95 bits per heavy atom. The Labute approximate surface area is 122 Å². The molecule has 2 N–H and O–H groups in total. The van der Waals surface area contributed by atoms with Crippen molar-refractivity contribution in [1.82, 2.24) is 4.90 Å². The first-order valence-corrected chi connectivity index (χ1v) is 7.85. The third-order valence-corrected chi connectivity index (χ3v) is 4.93. The number of aryl methyl sites for hydroxylation is 2. The van der Waals surface area contributed by atoms with Gasteiger partial charge in [0.25, 0.3) is 0 Å². The minimum absolute atomic E-state index is 0.338. The molecule has 1 saturated heterocycles. The lowest BCUT2D eigenvalue weighted by atomic mass is 9.95. The molecule has 110 valence electrons. The Morgan fingerprint density at radius 1 is 1.35 bits per heavy atom. The molecule has 2 fully saturated rings. The van der Waals surface area contributed by atoms with Crippen LogP contribution in [-0.4, -0.2) is 36.7 Å². The Hall–Kier alpha value is -0.900. The van der Waals surface area contributed by atoms with Gasteiger partial charge in [-0.2, -0.15) is 0 Å². The van der Waals surface area contributed by atoms with E-state index in [1.165, 1.54) is 36.0 Å². The molecular formula is C17H26N2O. The summed E-state index contributed by atoms with van der Waals surface area (Å²) in [6, 6.07) is 7.65. The van der Waals surface area contributed by atoms with Crippen molar-refractivity contribution < 1.29 is 4.74 Å². The molecular weight excluding hydrogens is 248 g/mol. The van der Waals surface area contributed by atoms with Gasteiger partial charge >= 0.3 is 0 Å². The predicted octanol–water partition coefficient (Wildman–Crippen LogP) is 2.56.